The zero-order chi connectivity index (χ0) is 35.1. The van der Waals surface area contributed by atoms with Crippen molar-refractivity contribution in [2.75, 3.05) is 0 Å². The number of hydrogen-bond donors (Lipinski definition) is 0. The molecule has 0 unspecified atom stereocenters. The van der Waals surface area contributed by atoms with Crippen molar-refractivity contribution in [3.8, 4) is 21.6 Å². The molecule has 260 valence electrons. The van der Waals surface area contributed by atoms with Gasteiger partial charge >= 0.3 is 6.09 Å². The molecule has 0 radical (unpaired) electrons. The molecule has 6 rings (SSSR count). The quantitative estimate of drug-likeness (QED) is 0.137. The fourth-order valence-corrected chi connectivity index (χ4v) is 8.52. The SMILES string of the molecule is CC(C)(C)OC(=O)N(Cc1ccc(-c2ccc(CN(Cc3cccnc3)S(=O)(=O)c3ccc(-c4cccs4)cc3)cc2)cc1)C1CCCCC1. The molecule has 9 heteroatoms. The smallest absolute Gasteiger partial charge is 0.410 e. The predicted octanol–water partition coefficient (Wildman–Crippen LogP) is 9.94. The first kappa shape index (κ1) is 35.5. The predicted molar refractivity (Wildman–Crippen MR) is 201 cm³/mol. The second kappa shape index (κ2) is 15.7. The molecule has 50 heavy (non-hydrogen) atoms. The Kier molecular flexibility index (Phi) is 11.2. The van der Waals surface area contributed by atoms with Gasteiger partial charge in [0.05, 0.1) is 4.90 Å². The van der Waals surface area contributed by atoms with Crippen LogP contribution in [0.1, 0.15) is 69.6 Å². The Morgan fingerprint density at radius 1 is 0.760 bits per heavy atom. The molecule has 0 bridgehead atoms. The van der Waals surface area contributed by atoms with Crippen molar-refractivity contribution in [3.63, 3.8) is 0 Å². The van der Waals surface area contributed by atoms with Gasteiger partial charge in [-0.1, -0.05) is 92.1 Å². The number of sulfonamides is 1. The molecule has 2 aromatic heterocycles. The summed E-state index contributed by atoms with van der Waals surface area (Å²) in [7, 11) is -3.81. The molecule has 7 nitrogen and oxygen atoms in total. The average molecular weight is 708 g/mol. The van der Waals surface area contributed by atoms with Crippen LogP contribution in [0.25, 0.3) is 21.6 Å². The summed E-state index contributed by atoms with van der Waals surface area (Å²) in [6.45, 7) is 6.65. The van der Waals surface area contributed by atoms with Crippen molar-refractivity contribution in [1.29, 1.82) is 0 Å². The fraction of sp³-hybridized carbons (Fsp3) is 0.317. The van der Waals surface area contributed by atoms with Crippen LogP contribution in [0.5, 0.6) is 0 Å². The topological polar surface area (TPSA) is 79.8 Å². The number of carbonyl (C=O) groups excluding carboxylic acids is 1. The summed E-state index contributed by atoms with van der Waals surface area (Å²) in [5.74, 6) is 0. The van der Waals surface area contributed by atoms with Gasteiger partial charge in [0.25, 0.3) is 0 Å². The maximum atomic E-state index is 14.0. The summed E-state index contributed by atoms with van der Waals surface area (Å²) in [5, 5.41) is 2.01. The van der Waals surface area contributed by atoms with Gasteiger partial charge in [0.2, 0.25) is 10.0 Å². The van der Waals surface area contributed by atoms with Gasteiger partial charge < -0.3 is 9.64 Å². The fourth-order valence-electron chi connectivity index (χ4n) is 6.37. The molecule has 1 fully saturated rings. The summed E-state index contributed by atoms with van der Waals surface area (Å²) in [5.41, 5.74) is 5.28. The largest absolute Gasteiger partial charge is 0.444 e. The Bertz CT molecular complexity index is 1930. The van der Waals surface area contributed by atoms with E-state index in [0.29, 0.717) is 6.54 Å². The Labute approximate surface area is 300 Å². The van der Waals surface area contributed by atoms with E-state index in [1.807, 2.05) is 91.7 Å². The van der Waals surface area contributed by atoms with Crippen molar-refractivity contribution in [2.24, 2.45) is 0 Å². The number of benzene rings is 3. The van der Waals surface area contributed by atoms with E-state index in [4.69, 9.17) is 4.74 Å². The molecule has 2 heterocycles. The molecular formula is C41H45N3O4S2. The molecule has 1 aliphatic rings. The van der Waals surface area contributed by atoms with Crippen LogP contribution in [0.2, 0.25) is 0 Å². The van der Waals surface area contributed by atoms with E-state index in [1.165, 1.54) is 10.7 Å². The van der Waals surface area contributed by atoms with Gasteiger partial charge in [0.1, 0.15) is 5.60 Å². The normalized spacial score (nSPS) is 14.1. The number of rotatable bonds is 11. The van der Waals surface area contributed by atoms with E-state index in [-0.39, 0.29) is 30.1 Å². The Morgan fingerprint density at radius 3 is 1.92 bits per heavy atom. The zero-order valence-corrected chi connectivity index (χ0v) is 30.6. The Hall–Kier alpha value is -4.31. The first-order valence-corrected chi connectivity index (χ1v) is 19.6. The van der Waals surface area contributed by atoms with Crippen molar-refractivity contribution < 1.29 is 17.9 Å². The van der Waals surface area contributed by atoms with Crippen molar-refractivity contribution in [1.82, 2.24) is 14.2 Å². The molecule has 1 amide bonds. The van der Waals surface area contributed by atoms with E-state index in [0.717, 1.165) is 63.9 Å². The molecular weight excluding hydrogens is 663 g/mol. The van der Waals surface area contributed by atoms with Gasteiger partial charge in [-0.2, -0.15) is 4.31 Å². The van der Waals surface area contributed by atoms with Gasteiger partial charge in [-0.3, -0.25) is 4.98 Å². The van der Waals surface area contributed by atoms with Crippen LogP contribution in [0.15, 0.2) is 120 Å². The third-order valence-corrected chi connectivity index (χ3v) is 11.7. The highest BCUT2D eigenvalue weighted by molar-refractivity contribution is 7.89. The maximum absolute atomic E-state index is 14.0. The van der Waals surface area contributed by atoms with Crippen LogP contribution < -0.4 is 0 Å². The van der Waals surface area contributed by atoms with Gasteiger partial charge in [0.15, 0.2) is 0 Å². The van der Waals surface area contributed by atoms with E-state index < -0.39 is 15.6 Å². The second-order valence-corrected chi connectivity index (χ2v) is 16.8. The number of pyridine rings is 1. The standard InChI is InChI=1S/C41H45N3O4S2/c1-41(2,3)48-40(45)44(37-10-5-4-6-11-37)30-32-15-19-35(20-16-32)34-17-13-31(14-18-34)28-43(29-33-9-7-25-42-27-33)50(46,47)38-23-21-36(22-24-38)39-12-8-26-49-39/h7-9,12-27,37H,4-6,10-11,28-30H2,1-3H3. The molecule has 1 aliphatic carbocycles. The third-order valence-electron chi connectivity index (χ3n) is 8.98. The summed E-state index contributed by atoms with van der Waals surface area (Å²) >= 11 is 1.62. The maximum Gasteiger partial charge on any atom is 0.410 e. The lowest BCUT2D eigenvalue weighted by atomic mass is 9.94. The lowest BCUT2D eigenvalue weighted by Gasteiger charge is -2.35. The van der Waals surface area contributed by atoms with Gasteiger partial charge in [0, 0.05) is 42.9 Å². The van der Waals surface area contributed by atoms with Gasteiger partial charge in [-0.25, -0.2) is 13.2 Å². The highest BCUT2D eigenvalue weighted by atomic mass is 32.2. The molecule has 5 aromatic rings. The first-order valence-electron chi connectivity index (χ1n) is 17.3. The monoisotopic (exact) mass is 707 g/mol. The van der Waals surface area contributed by atoms with Crippen molar-refractivity contribution >= 4 is 27.5 Å². The second-order valence-electron chi connectivity index (χ2n) is 13.9. The average Bonchev–Trinajstić information content (AvgIpc) is 3.67. The first-order chi connectivity index (χ1) is 24.0. The van der Waals surface area contributed by atoms with Crippen molar-refractivity contribution in [2.45, 2.75) is 89.0 Å². The van der Waals surface area contributed by atoms with Crippen LogP contribution in [0.4, 0.5) is 4.79 Å². The summed E-state index contributed by atoms with van der Waals surface area (Å²) in [6, 6.07) is 31.4. The molecule has 0 N–H and O–H groups in total. The summed E-state index contributed by atoms with van der Waals surface area (Å²) in [6.07, 6.45) is 8.64. The van der Waals surface area contributed by atoms with E-state index in [2.05, 4.69) is 29.2 Å². The van der Waals surface area contributed by atoms with Crippen LogP contribution in [0, 0.1) is 0 Å². The molecule has 0 atom stereocenters. The molecule has 0 aliphatic heterocycles. The highest BCUT2D eigenvalue weighted by Gasteiger charge is 2.30. The molecule has 1 saturated carbocycles. The number of thiophene rings is 1. The number of aromatic nitrogens is 1. The number of nitrogens with zero attached hydrogens (tertiary/aromatic N) is 3. The Balaban J connectivity index is 1.17. The molecule has 0 spiro atoms. The van der Waals surface area contributed by atoms with Crippen LogP contribution in [0.3, 0.4) is 0 Å². The van der Waals surface area contributed by atoms with Crippen LogP contribution in [-0.2, 0) is 34.4 Å². The lowest BCUT2D eigenvalue weighted by molar-refractivity contribution is 0.00988. The molecule has 3 aromatic carbocycles. The van der Waals surface area contributed by atoms with Gasteiger partial charge in [-0.15, -0.1) is 11.3 Å². The minimum Gasteiger partial charge on any atom is -0.444 e. The number of ether oxygens (including phenoxy) is 1. The summed E-state index contributed by atoms with van der Waals surface area (Å²) in [4.78, 5) is 20.7. The van der Waals surface area contributed by atoms with Crippen molar-refractivity contribution in [3.05, 3.63) is 132 Å². The Morgan fingerprint density at radius 2 is 1.36 bits per heavy atom. The van der Waals surface area contributed by atoms with E-state index >= 15 is 0 Å². The lowest BCUT2D eigenvalue weighted by Crippen LogP contribution is -2.43. The minimum absolute atomic E-state index is 0.193. The van der Waals surface area contributed by atoms with Crippen LogP contribution in [-0.4, -0.2) is 40.3 Å². The molecule has 0 saturated heterocycles. The number of carbonyl (C=O) groups is 1. The number of amides is 1. The van der Waals surface area contributed by atoms with E-state index in [1.54, 1.807) is 35.9 Å². The third kappa shape index (κ3) is 9.07. The number of hydrogen-bond acceptors (Lipinski definition) is 6. The highest BCUT2D eigenvalue weighted by Crippen LogP contribution is 2.30. The van der Waals surface area contributed by atoms with Crippen LogP contribution >= 0.6 is 11.3 Å². The summed E-state index contributed by atoms with van der Waals surface area (Å²) < 4.78 is 35.4. The van der Waals surface area contributed by atoms with Gasteiger partial charge in [-0.05, 0) is 96.6 Å². The minimum atomic E-state index is -3.81. The zero-order valence-electron chi connectivity index (χ0n) is 29.0. The van der Waals surface area contributed by atoms with E-state index in [9.17, 15) is 13.2 Å².